The van der Waals surface area contributed by atoms with Gasteiger partial charge in [0.2, 0.25) is 0 Å². The van der Waals surface area contributed by atoms with Crippen molar-refractivity contribution in [2.75, 3.05) is 0 Å². The average Bonchev–Trinajstić information content (AvgIpc) is 2.51. The molecule has 3 heteroatoms. The Morgan fingerprint density at radius 1 is 1.55 bits per heavy atom. The van der Waals surface area contributed by atoms with Crippen molar-refractivity contribution in [2.24, 2.45) is 0 Å². The lowest BCUT2D eigenvalue weighted by Gasteiger charge is -2.15. The zero-order valence-corrected chi connectivity index (χ0v) is 6.84. The first-order valence-corrected chi connectivity index (χ1v) is 4.31. The predicted molar refractivity (Wildman–Crippen MR) is 40.9 cm³/mol. The molecule has 0 aromatic rings. The van der Waals surface area contributed by atoms with Crippen LogP contribution in [0.25, 0.3) is 0 Å². The summed E-state index contributed by atoms with van der Waals surface area (Å²) in [6, 6.07) is 0. The van der Waals surface area contributed by atoms with Gasteiger partial charge in [-0.25, -0.2) is 0 Å². The molecular weight excluding hydrogens is 142 g/mol. The van der Waals surface area contributed by atoms with Gasteiger partial charge < -0.3 is 9.84 Å². The van der Waals surface area contributed by atoms with Gasteiger partial charge in [-0.2, -0.15) is 0 Å². The molecule has 1 heterocycles. The Balaban J connectivity index is 1.80. The third-order valence-corrected chi connectivity index (χ3v) is 2.57. The van der Waals surface area contributed by atoms with Crippen LogP contribution in [0.3, 0.4) is 0 Å². The highest BCUT2D eigenvalue weighted by Gasteiger charge is 2.48. The molecule has 1 saturated carbocycles. The molecule has 2 rings (SSSR count). The van der Waals surface area contributed by atoms with Crippen LogP contribution < -0.4 is 5.32 Å². The van der Waals surface area contributed by atoms with Crippen molar-refractivity contribution in [2.45, 2.75) is 50.7 Å². The Bertz CT molecular complexity index is 154. The lowest BCUT2D eigenvalue weighted by Crippen LogP contribution is -2.34. The summed E-state index contributed by atoms with van der Waals surface area (Å²) in [5.74, 6) is 0. The summed E-state index contributed by atoms with van der Waals surface area (Å²) < 4.78 is 5.23. The van der Waals surface area contributed by atoms with Gasteiger partial charge in [0.25, 0.3) is 0 Å². The van der Waals surface area contributed by atoms with Crippen LogP contribution in [0.2, 0.25) is 0 Å². The van der Waals surface area contributed by atoms with Crippen LogP contribution in [0.1, 0.15) is 32.6 Å². The average molecular weight is 157 g/mol. The van der Waals surface area contributed by atoms with Crippen molar-refractivity contribution in [3.8, 4) is 0 Å². The van der Waals surface area contributed by atoms with E-state index in [1.165, 1.54) is 19.3 Å². The van der Waals surface area contributed by atoms with Crippen molar-refractivity contribution in [3.05, 3.63) is 0 Å². The summed E-state index contributed by atoms with van der Waals surface area (Å²) in [7, 11) is 0. The van der Waals surface area contributed by atoms with E-state index in [1.54, 1.807) is 6.92 Å². The van der Waals surface area contributed by atoms with Crippen molar-refractivity contribution in [1.82, 2.24) is 5.32 Å². The van der Waals surface area contributed by atoms with Crippen LogP contribution in [-0.4, -0.2) is 23.2 Å². The molecule has 0 radical (unpaired) electrons. The summed E-state index contributed by atoms with van der Waals surface area (Å²) in [5.41, 5.74) is 0.416. The van der Waals surface area contributed by atoms with E-state index in [1.807, 2.05) is 0 Å². The van der Waals surface area contributed by atoms with Crippen molar-refractivity contribution in [1.29, 1.82) is 0 Å². The molecule has 1 aliphatic heterocycles. The van der Waals surface area contributed by atoms with E-state index < -0.39 is 6.29 Å². The Labute approximate surface area is 66.7 Å². The predicted octanol–water partition coefficient (Wildman–Crippen LogP) is 0.583. The fourth-order valence-electron chi connectivity index (χ4n) is 1.78. The standard InChI is InChI=1S/C8H15NO2/c1-6(10)11-7-2-3-8(9-7)4-5-8/h6-7,9-10H,2-5H2,1H3. The molecule has 1 aliphatic carbocycles. The summed E-state index contributed by atoms with van der Waals surface area (Å²) in [6.45, 7) is 1.65. The van der Waals surface area contributed by atoms with Crippen molar-refractivity contribution in [3.63, 3.8) is 0 Å². The van der Waals surface area contributed by atoms with E-state index in [4.69, 9.17) is 9.84 Å². The van der Waals surface area contributed by atoms with Gasteiger partial charge in [0.15, 0.2) is 6.29 Å². The number of rotatable bonds is 2. The molecule has 0 bridgehead atoms. The minimum absolute atomic E-state index is 0.0949. The topological polar surface area (TPSA) is 41.5 Å². The maximum Gasteiger partial charge on any atom is 0.153 e. The fraction of sp³-hybridized carbons (Fsp3) is 1.00. The Hall–Kier alpha value is -0.120. The van der Waals surface area contributed by atoms with Gasteiger partial charge in [0, 0.05) is 5.54 Å². The Morgan fingerprint density at radius 3 is 2.73 bits per heavy atom. The van der Waals surface area contributed by atoms with Crippen molar-refractivity contribution < 1.29 is 9.84 Å². The molecule has 0 aromatic carbocycles. The molecule has 2 fully saturated rings. The molecular formula is C8H15NO2. The fourth-order valence-corrected chi connectivity index (χ4v) is 1.78. The van der Waals surface area contributed by atoms with E-state index in [0.29, 0.717) is 5.54 Å². The summed E-state index contributed by atoms with van der Waals surface area (Å²) in [6.07, 6.45) is 4.29. The monoisotopic (exact) mass is 157 g/mol. The Morgan fingerprint density at radius 2 is 2.27 bits per heavy atom. The first-order chi connectivity index (χ1) is 5.20. The van der Waals surface area contributed by atoms with Gasteiger partial charge in [-0.15, -0.1) is 0 Å². The van der Waals surface area contributed by atoms with Crippen LogP contribution in [0, 0.1) is 0 Å². The molecule has 11 heavy (non-hydrogen) atoms. The molecule has 2 aliphatic rings. The normalized spacial score (nSPS) is 36.0. The van der Waals surface area contributed by atoms with Gasteiger partial charge in [-0.1, -0.05) is 0 Å². The van der Waals surface area contributed by atoms with Crippen LogP contribution >= 0.6 is 0 Å². The SMILES string of the molecule is CC(O)OC1CCC2(CC2)N1. The number of hydrogen-bond donors (Lipinski definition) is 2. The van der Waals surface area contributed by atoms with E-state index in [9.17, 15) is 0 Å². The zero-order valence-electron chi connectivity index (χ0n) is 6.84. The lowest BCUT2D eigenvalue weighted by atomic mass is 10.2. The summed E-state index contributed by atoms with van der Waals surface area (Å²) in [4.78, 5) is 0. The smallest absolute Gasteiger partial charge is 0.153 e. The molecule has 64 valence electrons. The molecule has 1 spiro atoms. The summed E-state index contributed by atoms with van der Waals surface area (Å²) in [5, 5.41) is 12.3. The van der Waals surface area contributed by atoms with Crippen LogP contribution in [0.5, 0.6) is 0 Å². The molecule has 3 nitrogen and oxygen atoms in total. The molecule has 0 aromatic heterocycles. The molecule has 2 N–H and O–H groups in total. The highest BCUT2D eigenvalue weighted by Crippen LogP contribution is 2.44. The summed E-state index contributed by atoms with van der Waals surface area (Å²) >= 11 is 0. The van der Waals surface area contributed by atoms with Crippen LogP contribution in [0.15, 0.2) is 0 Å². The molecule has 0 amide bonds. The minimum atomic E-state index is -0.638. The number of ether oxygens (including phenoxy) is 1. The van der Waals surface area contributed by atoms with Crippen LogP contribution in [0.4, 0.5) is 0 Å². The minimum Gasteiger partial charge on any atom is -0.368 e. The molecule has 1 saturated heterocycles. The van der Waals surface area contributed by atoms with E-state index in [2.05, 4.69) is 5.32 Å². The van der Waals surface area contributed by atoms with Crippen molar-refractivity contribution >= 4 is 0 Å². The lowest BCUT2D eigenvalue weighted by molar-refractivity contribution is -0.129. The second-order valence-corrected chi connectivity index (χ2v) is 3.69. The molecule has 2 unspecified atom stereocenters. The highest BCUT2D eigenvalue weighted by atomic mass is 16.6. The second-order valence-electron chi connectivity index (χ2n) is 3.69. The first kappa shape index (κ1) is 7.53. The highest BCUT2D eigenvalue weighted by molar-refractivity contribution is 5.06. The quantitative estimate of drug-likeness (QED) is 0.576. The molecule has 2 atom stereocenters. The van der Waals surface area contributed by atoms with Gasteiger partial charge in [0.1, 0.15) is 6.23 Å². The maximum atomic E-state index is 8.94. The zero-order chi connectivity index (χ0) is 7.90. The first-order valence-electron chi connectivity index (χ1n) is 4.31. The van der Waals surface area contributed by atoms with E-state index in [0.717, 1.165) is 6.42 Å². The maximum absolute atomic E-state index is 8.94. The number of aliphatic hydroxyl groups excluding tert-OH is 1. The second kappa shape index (κ2) is 2.44. The van der Waals surface area contributed by atoms with Gasteiger partial charge in [0.05, 0.1) is 0 Å². The van der Waals surface area contributed by atoms with Gasteiger partial charge in [-0.3, -0.25) is 5.32 Å². The number of nitrogens with one attached hydrogen (secondary N) is 1. The van der Waals surface area contributed by atoms with E-state index in [-0.39, 0.29) is 6.23 Å². The third kappa shape index (κ3) is 1.55. The largest absolute Gasteiger partial charge is 0.368 e. The number of aliphatic hydroxyl groups is 1. The third-order valence-electron chi connectivity index (χ3n) is 2.57. The van der Waals surface area contributed by atoms with Crippen LogP contribution in [-0.2, 0) is 4.74 Å². The van der Waals surface area contributed by atoms with E-state index >= 15 is 0 Å². The number of hydrogen-bond acceptors (Lipinski definition) is 3. The Kier molecular flexibility index (Phi) is 1.67. The van der Waals surface area contributed by atoms with Gasteiger partial charge >= 0.3 is 0 Å². The van der Waals surface area contributed by atoms with Gasteiger partial charge in [-0.05, 0) is 32.6 Å².